The molecule has 0 N–H and O–H groups in total. The maximum atomic E-state index is 12.0. The summed E-state index contributed by atoms with van der Waals surface area (Å²) < 4.78 is 1.68. The van der Waals surface area contributed by atoms with E-state index in [0.717, 1.165) is 34.8 Å². The minimum Gasteiger partial charge on any atom is -0.293 e. The van der Waals surface area contributed by atoms with Gasteiger partial charge in [-0.1, -0.05) is 13.8 Å². The number of rotatable bonds is 1. The number of hydrogen-bond donors (Lipinski definition) is 0. The number of Topliss-reactive ketones (excluding diaryl/α,β-unsaturated/α-hetero) is 1. The Morgan fingerprint density at radius 3 is 2.70 bits per heavy atom. The van der Waals surface area contributed by atoms with Gasteiger partial charge in [-0.25, -0.2) is 9.97 Å². The van der Waals surface area contributed by atoms with E-state index in [-0.39, 0.29) is 11.2 Å². The van der Waals surface area contributed by atoms with Crippen molar-refractivity contribution < 1.29 is 4.79 Å². The Kier molecular flexibility index (Phi) is 2.58. The van der Waals surface area contributed by atoms with Gasteiger partial charge in [-0.2, -0.15) is 5.10 Å². The molecule has 0 aromatic carbocycles. The van der Waals surface area contributed by atoms with Gasteiger partial charge in [-0.3, -0.25) is 9.48 Å². The molecule has 0 spiro atoms. The van der Waals surface area contributed by atoms with Gasteiger partial charge in [0.2, 0.25) is 0 Å². The van der Waals surface area contributed by atoms with Crippen molar-refractivity contribution in [2.75, 3.05) is 0 Å². The van der Waals surface area contributed by atoms with Crippen molar-refractivity contribution in [1.29, 1.82) is 0 Å². The number of fused-ring (bicyclic) bond motifs is 3. The number of carbonyl (C=O) groups excluding carboxylic acids is 1. The quantitative estimate of drug-likeness (QED) is 0.745. The van der Waals surface area contributed by atoms with Gasteiger partial charge in [0.1, 0.15) is 17.2 Å². The van der Waals surface area contributed by atoms with Crippen molar-refractivity contribution >= 4 is 5.78 Å². The van der Waals surface area contributed by atoms with Crippen LogP contribution in [-0.2, 0) is 18.9 Å². The summed E-state index contributed by atoms with van der Waals surface area (Å²) in [5.74, 6) is 0.771. The van der Waals surface area contributed by atoms with Gasteiger partial charge in [0.15, 0.2) is 5.78 Å². The van der Waals surface area contributed by atoms with Crippen molar-refractivity contribution in [2.24, 2.45) is 7.05 Å². The van der Waals surface area contributed by atoms with E-state index >= 15 is 0 Å². The predicted molar refractivity (Wildman–Crippen MR) is 75.7 cm³/mol. The summed E-state index contributed by atoms with van der Waals surface area (Å²) in [6, 6.07) is 0. The fourth-order valence-corrected chi connectivity index (χ4v) is 3.13. The highest BCUT2D eigenvalue weighted by Gasteiger charge is 2.38. The average molecular weight is 270 g/mol. The molecule has 1 aliphatic rings. The molecule has 0 atom stereocenters. The van der Waals surface area contributed by atoms with Crippen molar-refractivity contribution in [3.05, 3.63) is 28.8 Å². The van der Waals surface area contributed by atoms with E-state index in [2.05, 4.69) is 28.9 Å². The van der Waals surface area contributed by atoms with Crippen LogP contribution >= 0.6 is 0 Å². The summed E-state index contributed by atoms with van der Waals surface area (Å²) in [4.78, 5) is 20.8. The van der Waals surface area contributed by atoms with Crippen molar-refractivity contribution in [1.82, 2.24) is 19.7 Å². The second kappa shape index (κ2) is 3.98. The lowest BCUT2D eigenvalue weighted by atomic mass is 9.73. The number of hydrogen-bond acceptors (Lipinski definition) is 4. The molecule has 0 saturated heterocycles. The minimum atomic E-state index is -0.143. The van der Waals surface area contributed by atoms with Gasteiger partial charge in [-0.15, -0.1) is 0 Å². The number of aryl methyl sites for hydroxylation is 2. The van der Waals surface area contributed by atoms with Crippen LogP contribution in [0.3, 0.4) is 0 Å². The van der Waals surface area contributed by atoms with E-state index in [1.165, 1.54) is 0 Å². The lowest BCUT2D eigenvalue weighted by Gasteiger charge is -2.30. The van der Waals surface area contributed by atoms with Gasteiger partial charge in [0.25, 0.3) is 0 Å². The summed E-state index contributed by atoms with van der Waals surface area (Å²) in [5, 5.41) is 4.56. The van der Waals surface area contributed by atoms with Gasteiger partial charge in [0, 0.05) is 25.7 Å². The van der Waals surface area contributed by atoms with Gasteiger partial charge < -0.3 is 0 Å². The molecule has 0 aliphatic heterocycles. The van der Waals surface area contributed by atoms with Gasteiger partial charge >= 0.3 is 0 Å². The van der Waals surface area contributed by atoms with Crippen LogP contribution in [0.5, 0.6) is 0 Å². The summed E-state index contributed by atoms with van der Waals surface area (Å²) >= 11 is 0. The van der Waals surface area contributed by atoms with E-state index in [1.807, 2.05) is 20.2 Å². The fourth-order valence-electron chi connectivity index (χ4n) is 3.13. The van der Waals surface area contributed by atoms with Crippen LogP contribution < -0.4 is 0 Å². The third kappa shape index (κ3) is 1.69. The summed E-state index contributed by atoms with van der Waals surface area (Å²) in [6.45, 7) is 7.74. The average Bonchev–Trinajstić information content (AvgIpc) is 2.69. The predicted octanol–water partition coefficient (Wildman–Crippen LogP) is 2.22. The zero-order valence-electron chi connectivity index (χ0n) is 12.5. The van der Waals surface area contributed by atoms with Gasteiger partial charge in [-0.05, 0) is 24.3 Å². The molecule has 0 amide bonds. The molecule has 2 aromatic heterocycles. The number of carbonyl (C=O) groups is 1. The van der Waals surface area contributed by atoms with E-state index in [4.69, 9.17) is 0 Å². The smallest absolute Gasteiger partial charge is 0.178 e. The second-order valence-electron chi connectivity index (χ2n) is 6.10. The number of nitrogens with zero attached hydrogens (tertiary/aromatic N) is 4. The summed E-state index contributed by atoms with van der Waals surface area (Å²) in [7, 11) is 1.82. The second-order valence-corrected chi connectivity index (χ2v) is 6.10. The van der Waals surface area contributed by atoms with Crippen LogP contribution in [0.2, 0.25) is 0 Å². The molecule has 5 heteroatoms. The standard InChI is InChI=1S/C15H18N4O/c1-8(20)14-11-13(18-19(14)5)12-10(6-15(11,3)4)7-16-9(2)17-12/h7H,6H2,1-5H3. The lowest BCUT2D eigenvalue weighted by Crippen LogP contribution is -2.28. The highest BCUT2D eigenvalue weighted by atomic mass is 16.1. The maximum Gasteiger partial charge on any atom is 0.178 e. The monoisotopic (exact) mass is 270 g/mol. The minimum absolute atomic E-state index is 0.0450. The number of ketones is 1. The first-order valence-electron chi connectivity index (χ1n) is 6.72. The van der Waals surface area contributed by atoms with Crippen LogP contribution in [0.1, 0.15) is 48.2 Å². The van der Waals surface area contributed by atoms with E-state index in [0.29, 0.717) is 5.69 Å². The Balaban J connectivity index is 2.38. The molecule has 2 aromatic rings. The molecule has 0 bridgehead atoms. The molecule has 104 valence electrons. The molecule has 1 aliphatic carbocycles. The summed E-state index contributed by atoms with van der Waals surface area (Å²) in [6.07, 6.45) is 2.70. The molecule has 3 rings (SSSR count). The first-order chi connectivity index (χ1) is 9.31. The first kappa shape index (κ1) is 13.0. The highest BCUT2D eigenvalue weighted by Crippen LogP contribution is 2.43. The molecule has 0 saturated carbocycles. The van der Waals surface area contributed by atoms with E-state index in [1.54, 1.807) is 11.6 Å². The highest BCUT2D eigenvalue weighted by molar-refractivity contribution is 5.96. The van der Waals surface area contributed by atoms with E-state index in [9.17, 15) is 4.79 Å². The zero-order valence-corrected chi connectivity index (χ0v) is 12.5. The van der Waals surface area contributed by atoms with Crippen LogP contribution in [0.4, 0.5) is 0 Å². The molecule has 0 radical (unpaired) electrons. The van der Waals surface area contributed by atoms with E-state index < -0.39 is 0 Å². The van der Waals surface area contributed by atoms with Crippen molar-refractivity contribution in [2.45, 2.75) is 39.5 Å². The Hall–Kier alpha value is -2.04. The van der Waals surface area contributed by atoms with Crippen molar-refractivity contribution in [3.8, 4) is 11.4 Å². The Morgan fingerprint density at radius 1 is 1.35 bits per heavy atom. The normalized spacial score (nSPS) is 15.7. The largest absolute Gasteiger partial charge is 0.293 e. The number of aromatic nitrogens is 4. The van der Waals surface area contributed by atoms with Crippen LogP contribution in [0.25, 0.3) is 11.4 Å². The van der Waals surface area contributed by atoms with Crippen molar-refractivity contribution in [3.63, 3.8) is 0 Å². The Morgan fingerprint density at radius 2 is 2.05 bits per heavy atom. The molecule has 5 nitrogen and oxygen atoms in total. The molecule has 20 heavy (non-hydrogen) atoms. The molecule has 2 heterocycles. The SMILES string of the molecule is CC(=O)c1c2c(nn1C)-c1nc(C)ncc1CC2(C)C. The lowest BCUT2D eigenvalue weighted by molar-refractivity contribution is 0.100. The molecular formula is C15H18N4O. The third-order valence-electron chi connectivity index (χ3n) is 3.90. The first-order valence-corrected chi connectivity index (χ1v) is 6.72. The van der Waals surface area contributed by atoms with Gasteiger partial charge in [0.05, 0.1) is 5.69 Å². The molecular weight excluding hydrogens is 252 g/mol. The maximum absolute atomic E-state index is 12.0. The summed E-state index contributed by atoms with van der Waals surface area (Å²) in [5.41, 5.74) is 4.35. The molecule has 0 fully saturated rings. The Bertz CT molecular complexity index is 728. The fraction of sp³-hybridized carbons (Fsp3) is 0.467. The van der Waals surface area contributed by atoms with Crippen LogP contribution in [-0.4, -0.2) is 25.5 Å². The third-order valence-corrected chi connectivity index (χ3v) is 3.90. The van der Waals surface area contributed by atoms with Crippen LogP contribution in [0.15, 0.2) is 6.20 Å². The van der Waals surface area contributed by atoms with Crippen LogP contribution in [0, 0.1) is 6.92 Å². The molecule has 0 unspecified atom stereocenters. The topological polar surface area (TPSA) is 60.7 Å². The Labute approximate surface area is 118 Å². The zero-order chi connectivity index (χ0) is 14.7.